The van der Waals surface area contributed by atoms with Crippen molar-refractivity contribution in [1.82, 2.24) is 52.3 Å². The number of hydrogen-bond acceptors (Lipinski definition) is 11. The van der Waals surface area contributed by atoms with Crippen molar-refractivity contribution in [3.05, 3.63) is 463 Å². The van der Waals surface area contributed by atoms with E-state index in [1.165, 1.54) is 60.1 Å². The van der Waals surface area contributed by atoms with E-state index in [1.54, 1.807) is 0 Å². The van der Waals surface area contributed by atoms with Gasteiger partial charge in [0.1, 0.15) is 11.3 Å². The minimum Gasteiger partial charge on any atom is -0.504 e. The van der Waals surface area contributed by atoms with Crippen LogP contribution in [-0.4, -0.2) is 73.5 Å². The smallest absolute Gasteiger partial charge is 0.132 e. The number of fused-ring (bicyclic) bond motifs is 18. The molecule has 0 spiro atoms. The molecule has 0 N–H and O–H groups in total. The number of aromatic nitrogens is 11. The SMILES string of the molecule is CN1[CH-]N(c2[c-]c(-n3c4[c-]c(-c5nc6cc(-c7ccc8ccccc8c7)ccc6n5C)ccc4c4cccnc43)ccc2)c2ccccc21.CN1[CH-]N(c2[c-]c(-n3c4[c-]c(-c5nc6ccc(-c7ccc8ccccc8c7)cc6n5C)ccc4c4cccnc43)ccc2)c2ccccc21.CN1[CH-]N(c2[c-]c(-n3c4[c-]c(-c5nc6ccccc6n5C)ccc4c4ccc(-c5ccc6ccccc6c5)cc43)ccc2)c2ccccc21.[Pt].[Pt].[Pt]. The van der Waals surface area contributed by atoms with Crippen molar-refractivity contribution >= 4 is 182 Å². The number of rotatable bonds is 12. The van der Waals surface area contributed by atoms with Crippen molar-refractivity contribution in [2.45, 2.75) is 0 Å². The van der Waals surface area contributed by atoms with Gasteiger partial charge in [-0.25, -0.2) is 9.97 Å². The van der Waals surface area contributed by atoms with Gasteiger partial charge in [-0.3, -0.25) is 15.0 Å². The van der Waals surface area contributed by atoms with Gasteiger partial charge in [0, 0.05) is 136 Å². The van der Waals surface area contributed by atoms with Crippen LogP contribution in [0.3, 0.4) is 0 Å². The van der Waals surface area contributed by atoms with Crippen LogP contribution in [-0.2, 0) is 84.3 Å². The summed E-state index contributed by atoms with van der Waals surface area (Å²) in [6.07, 6.45) is 3.70. The second-order valence-electron chi connectivity index (χ2n) is 38.0. The van der Waals surface area contributed by atoms with Gasteiger partial charge in [-0.05, 0) is 229 Å². The van der Waals surface area contributed by atoms with Crippen molar-refractivity contribution in [2.24, 2.45) is 21.1 Å². The van der Waals surface area contributed by atoms with Gasteiger partial charge in [0.05, 0.1) is 50.6 Å². The fraction of sp³-hybridized carbons (Fsp3) is 0.0462. The summed E-state index contributed by atoms with van der Waals surface area (Å²) in [4.78, 5) is 38.0. The Balaban J connectivity index is 0.000000115. The molecule has 0 aliphatic carbocycles. The van der Waals surface area contributed by atoms with E-state index in [9.17, 15) is 0 Å². The van der Waals surface area contributed by atoms with E-state index >= 15 is 0 Å². The second kappa shape index (κ2) is 38.0. The van der Waals surface area contributed by atoms with Gasteiger partial charge in [0.25, 0.3) is 0 Å². The molecule has 19 aromatic carbocycles. The summed E-state index contributed by atoms with van der Waals surface area (Å²) in [6, 6.07) is 162. The van der Waals surface area contributed by atoms with Crippen molar-refractivity contribution in [2.75, 3.05) is 50.5 Å². The van der Waals surface area contributed by atoms with Gasteiger partial charge in [0.15, 0.2) is 0 Å². The first-order chi connectivity index (χ1) is 72.3. The van der Waals surface area contributed by atoms with Gasteiger partial charge in [-0.1, -0.05) is 227 Å². The molecular formula is C130H88N17Pt3-9. The summed E-state index contributed by atoms with van der Waals surface area (Å²) in [6.45, 7) is 6.33. The third kappa shape index (κ3) is 15.9. The van der Waals surface area contributed by atoms with Gasteiger partial charge >= 0.3 is 0 Å². The second-order valence-corrected chi connectivity index (χ2v) is 38.0. The Labute approximate surface area is 909 Å². The molecule has 17 nitrogen and oxygen atoms in total. The zero-order valence-electron chi connectivity index (χ0n) is 82.0. The molecule has 0 bridgehead atoms. The third-order valence-corrected chi connectivity index (χ3v) is 29.3. The Kier molecular flexibility index (Phi) is 23.8. The zero-order chi connectivity index (χ0) is 97.9. The number of hydrogen-bond donors (Lipinski definition) is 0. The van der Waals surface area contributed by atoms with Crippen LogP contribution in [0.2, 0.25) is 0 Å². The van der Waals surface area contributed by atoms with Crippen molar-refractivity contribution in [3.8, 4) is 84.6 Å². The maximum absolute atomic E-state index is 5.17. The third-order valence-electron chi connectivity index (χ3n) is 29.3. The van der Waals surface area contributed by atoms with Gasteiger partial charge < -0.3 is 56.8 Å². The normalized spacial score (nSPS) is 12.7. The molecule has 0 amide bonds. The Morgan fingerprint density at radius 2 is 0.533 bits per heavy atom. The van der Waals surface area contributed by atoms with Crippen LogP contribution in [0.1, 0.15) is 0 Å². The zero-order valence-corrected chi connectivity index (χ0v) is 88.8. The van der Waals surface area contributed by atoms with Crippen molar-refractivity contribution < 1.29 is 63.2 Å². The monoisotopic (exact) mass is 2470 g/mol. The molecule has 732 valence electrons. The molecule has 3 aliphatic rings. The number of pyridine rings is 2. The number of imidazole rings is 3. The maximum Gasteiger partial charge on any atom is 0.132 e. The fourth-order valence-corrected chi connectivity index (χ4v) is 22.0. The van der Waals surface area contributed by atoms with Crippen LogP contribution < -0.4 is 29.4 Å². The first-order valence-corrected chi connectivity index (χ1v) is 49.2. The molecule has 3 aliphatic heterocycles. The van der Waals surface area contributed by atoms with Gasteiger partial charge in [0.2, 0.25) is 0 Å². The summed E-state index contributed by atoms with van der Waals surface area (Å²) < 4.78 is 13.1. The number of para-hydroxylation sites is 8. The minimum atomic E-state index is 0. The Bertz CT molecular complexity index is 9860. The first kappa shape index (κ1) is 94.0. The summed E-state index contributed by atoms with van der Waals surface area (Å²) in [5, 5.41) is 14.0. The first-order valence-electron chi connectivity index (χ1n) is 49.2. The summed E-state index contributed by atoms with van der Waals surface area (Å²) in [5.74, 6) is 2.61. The number of aryl methyl sites for hydroxylation is 3. The van der Waals surface area contributed by atoms with Crippen LogP contribution in [0.15, 0.2) is 407 Å². The summed E-state index contributed by atoms with van der Waals surface area (Å²) >= 11 is 0. The van der Waals surface area contributed by atoms with Crippen LogP contribution in [0.25, 0.3) is 216 Å². The Hall–Kier alpha value is -17.1. The minimum absolute atomic E-state index is 0. The van der Waals surface area contributed by atoms with Crippen molar-refractivity contribution in [3.63, 3.8) is 0 Å². The van der Waals surface area contributed by atoms with Crippen LogP contribution in [0.5, 0.6) is 0 Å². The largest absolute Gasteiger partial charge is 0.504 e. The molecule has 20 heteroatoms. The maximum atomic E-state index is 5.17. The predicted octanol–water partition coefficient (Wildman–Crippen LogP) is 30.2. The van der Waals surface area contributed by atoms with Crippen molar-refractivity contribution in [1.29, 1.82) is 0 Å². The molecule has 27 aromatic rings. The van der Waals surface area contributed by atoms with Crippen LogP contribution >= 0.6 is 0 Å². The van der Waals surface area contributed by atoms with E-state index in [0.717, 1.165) is 207 Å². The number of anilines is 9. The average Bonchev–Trinajstić information content (AvgIpc) is 1.60. The van der Waals surface area contributed by atoms with E-state index in [1.807, 2.05) is 30.6 Å². The number of nitrogens with zero attached hydrogens (tertiary/aromatic N) is 17. The molecule has 11 heterocycles. The Morgan fingerprint density at radius 3 is 0.980 bits per heavy atom. The molecule has 0 radical (unpaired) electrons. The van der Waals surface area contributed by atoms with E-state index in [-0.39, 0.29) is 63.2 Å². The van der Waals surface area contributed by atoms with Crippen LogP contribution in [0.4, 0.5) is 51.2 Å². The van der Waals surface area contributed by atoms with E-state index < -0.39 is 0 Å². The number of benzene rings is 19. The van der Waals surface area contributed by atoms with E-state index in [2.05, 4.69) is 532 Å². The van der Waals surface area contributed by atoms with E-state index in [4.69, 9.17) is 24.9 Å². The summed E-state index contributed by atoms with van der Waals surface area (Å²) in [7, 11) is 12.5. The standard InChI is InChI=1S/C44H30N5.2C43H29N6.3Pt/c1-46-28-48(41-17-8-7-16-40(41)46)34-12-9-13-35(27-34)49-42-25-32(31-19-18-29-10-3-4-11-30(29)24-31)20-22-36(42)37-23-21-33(26-43(37)49)44-45-38-14-5-6-15-39(38)47(44)2;1-46-27-48(40-15-6-5-14-39(40)46)33-11-7-12-34(26-33)49-41-25-32(18-20-35(41)36-13-8-22-44-43(36)49)42-45-37-24-31(19-21-38(37)47(42)2)30-17-16-28-9-3-4-10-29(28)23-30;1-46-27-48(39-15-6-5-14-38(39)46)33-11-7-12-34(26-33)49-40-25-32(18-20-35(40)36-13-8-22-44-43(36)49)42-45-37-21-19-31(24-41(37)47(42)2)30-17-16-28-9-3-4-10-29(28)23-30;;;/h3-25,28H,1-2H3;2*3-24,27H,1-2H3;;;/q3*-3;;;. The molecule has 0 saturated heterocycles. The molecule has 0 saturated carbocycles. The average molecular weight is 2470 g/mol. The summed E-state index contributed by atoms with van der Waals surface area (Å²) in [5.41, 5.74) is 34.1. The molecule has 0 atom stereocenters. The Morgan fingerprint density at radius 1 is 0.213 bits per heavy atom. The molecule has 8 aromatic heterocycles. The quantitative estimate of drug-likeness (QED) is 0.109. The van der Waals surface area contributed by atoms with Gasteiger partial charge in [-0.15, -0.1) is 143 Å². The fourth-order valence-electron chi connectivity index (χ4n) is 22.0. The van der Waals surface area contributed by atoms with Crippen LogP contribution in [0, 0.1) is 56.4 Å². The van der Waals surface area contributed by atoms with E-state index in [0.29, 0.717) is 0 Å². The predicted molar refractivity (Wildman–Crippen MR) is 603 cm³/mol. The molecule has 30 rings (SSSR count). The molecule has 0 unspecified atom stereocenters. The molecular weight excluding hydrogens is 2380 g/mol. The topological polar surface area (TPSA) is 113 Å². The van der Waals surface area contributed by atoms with Gasteiger partial charge in [-0.2, -0.15) is 38.2 Å². The molecule has 150 heavy (non-hydrogen) atoms. The molecule has 0 fully saturated rings.